The van der Waals surface area contributed by atoms with Crippen molar-refractivity contribution < 1.29 is 13.9 Å². The third-order valence-electron chi connectivity index (χ3n) is 4.12. The number of carbonyl (C=O) groups is 1. The first-order valence-corrected chi connectivity index (χ1v) is 8.09. The van der Waals surface area contributed by atoms with Crippen molar-refractivity contribution in [1.82, 2.24) is 10.3 Å². The Bertz CT molecular complexity index is 845. The van der Waals surface area contributed by atoms with E-state index in [1.54, 1.807) is 25.1 Å². The van der Waals surface area contributed by atoms with Crippen molar-refractivity contribution in [2.24, 2.45) is 0 Å². The number of Topliss-reactive ketones (excluding diaryl/α,β-unsaturated/α-hetero) is 1. The molecule has 3 rings (SSSR count). The van der Waals surface area contributed by atoms with E-state index in [1.807, 2.05) is 6.07 Å². The number of nitrogens with one attached hydrogen (secondary N) is 1. The Morgan fingerprint density at radius 3 is 2.88 bits per heavy atom. The molecule has 0 radical (unpaired) electrons. The third-order valence-corrected chi connectivity index (χ3v) is 4.12. The molecular formula is C19H19ClFN3O2. The fraction of sp³-hybridized carbons (Fsp3) is 0.316. The lowest BCUT2D eigenvalue weighted by Crippen LogP contribution is -2.33. The standard InChI is InChI=1S/C19H18FN3O2.ClH/c1-12-6-15(7-16(10-21)23-12)18(24)9-13-2-3-14(8-17(13)20)19-11-22-4-5-25-19;/h2-3,6-8,19,22H,4-5,9,11H2,1H3;1H/t19-;/m1./s1. The number of nitriles is 1. The van der Waals surface area contributed by atoms with Gasteiger partial charge in [-0.25, -0.2) is 9.37 Å². The van der Waals surface area contributed by atoms with Crippen LogP contribution in [0.5, 0.6) is 0 Å². The lowest BCUT2D eigenvalue weighted by atomic mass is 9.99. The summed E-state index contributed by atoms with van der Waals surface area (Å²) >= 11 is 0. The minimum Gasteiger partial charge on any atom is -0.371 e. The molecule has 0 saturated carbocycles. The molecule has 1 saturated heterocycles. The highest BCUT2D eigenvalue weighted by atomic mass is 35.5. The number of benzene rings is 1. The zero-order chi connectivity index (χ0) is 17.8. The molecule has 1 atom stereocenters. The zero-order valence-electron chi connectivity index (χ0n) is 14.3. The van der Waals surface area contributed by atoms with Crippen molar-refractivity contribution >= 4 is 18.2 Å². The third kappa shape index (κ3) is 4.64. The van der Waals surface area contributed by atoms with E-state index in [4.69, 9.17) is 10.00 Å². The Hall–Kier alpha value is -2.33. The van der Waals surface area contributed by atoms with Crippen molar-refractivity contribution in [2.45, 2.75) is 19.4 Å². The molecule has 0 unspecified atom stereocenters. The van der Waals surface area contributed by atoms with Crippen LogP contribution in [0.25, 0.3) is 0 Å². The summed E-state index contributed by atoms with van der Waals surface area (Å²) in [6.45, 7) is 3.74. The van der Waals surface area contributed by atoms with Gasteiger partial charge in [0.1, 0.15) is 17.6 Å². The number of pyridine rings is 1. The van der Waals surface area contributed by atoms with Gasteiger partial charge in [0.05, 0.1) is 12.7 Å². The summed E-state index contributed by atoms with van der Waals surface area (Å²) in [5.74, 6) is -0.671. The molecule has 5 nitrogen and oxygen atoms in total. The van der Waals surface area contributed by atoms with E-state index in [2.05, 4.69) is 10.3 Å². The molecule has 1 aliphatic rings. The molecule has 26 heavy (non-hydrogen) atoms. The molecule has 1 N–H and O–H groups in total. The molecule has 1 aromatic heterocycles. The first-order chi connectivity index (χ1) is 12.1. The van der Waals surface area contributed by atoms with Gasteiger partial charge in [0.15, 0.2) is 5.78 Å². The SMILES string of the molecule is Cc1cc(C(=O)Cc2ccc([C@H]3CNCCO3)cc2F)cc(C#N)n1.Cl. The molecule has 0 aliphatic carbocycles. The number of rotatable bonds is 4. The predicted octanol–water partition coefficient (Wildman–Crippen LogP) is 2.91. The van der Waals surface area contributed by atoms with Gasteiger partial charge in [-0.2, -0.15) is 5.26 Å². The van der Waals surface area contributed by atoms with Crippen LogP contribution in [0.2, 0.25) is 0 Å². The van der Waals surface area contributed by atoms with Crippen LogP contribution in [0, 0.1) is 24.1 Å². The fourth-order valence-electron chi connectivity index (χ4n) is 2.85. The van der Waals surface area contributed by atoms with Gasteiger partial charge in [0, 0.05) is 30.8 Å². The number of hydrogen-bond acceptors (Lipinski definition) is 5. The van der Waals surface area contributed by atoms with Crippen LogP contribution < -0.4 is 5.32 Å². The van der Waals surface area contributed by atoms with Crippen LogP contribution in [-0.4, -0.2) is 30.5 Å². The second kappa shape index (κ2) is 8.86. The molecule has 1 aromatic carbocycles. The molecule has 0 spiro atoms. The number of ether oxygens (including phenoxy) is 1. The second-order valence-corrected chi connectivity index (χ2v) is 6.01. The van der Waals surface area contributed by atoms with Crippen molar-refractivity contribution in [1.29, 1.82) is 5.26 Å². The quantitative estimate of drug-likeness (QED) is 0.831. The molecule has 136 valence electrons. The van der Waals surface area contributed by atoms with E-state index in [0.717, 1.165) is 12.1 Å². The molecule has 0 amide bonds. The molecule has 0 bridgehead atoms. The van der Waals surface area contributed by atoms with Gasteiger partial charge in [0.2, 0.25) is 0 Å². The highest BCUT2D eigenvalue weighted by Gasteiger charge is 2.18. The van der Waals surface area contributed by atoms with Crippen molar-refractivity contribution in [2.75, 3.05) is 19.7 Å². The topological polar surface area (TPSA) is 75.0 Å². The van der Waals surface area contributed by atoms with Crippen molar-refractivity contribution in [3.05, 3.63) is 64.2 Å². The second-order valence-electron chi connectivity index (χ2n) is 6.01. The Morgan fingerprint density at radius 2 is 2.23 bits per heavy atom. The minimum atomic E-state index is -0.425. The molecule has 2 aromatic rings. The Labute approximate surface area is 157 Å². The summed E-state index contributed by atoms with van der Waals surface area (Å²) in [6.07, 6.45) is -0.237. The Kier molecular flexibility index (Phi) is 6.81. The van der Waals surface area contributed by atoms with Crippen LogP contribution in [-0.2, 0) is 11.2 Å². The first kappa shape index (κ1) is 20.0. The van der Waals surface area contributed by atoms with Gasteiger partial charge < -0.3 is 10.1 Å². The number of halogens is 2. The van der Waals surface area contributed by atoms with E-state index in [1.165, 1.54) is 12.1 Å². The van der Waals surface area contributed by atoms with Gasteiger partial charge in [0.25, 0.3) is 0 Å². The smallest absolute Gasteiger partial charge is 0.167 e. The predicted molar refractivity (Wildman–Crippen MR) is 96.9 cm³/mol. The van der Waals surface area contributed by atoms with Crippen LogP contribution in [0.1, 0.15) is 39.0 Å². The van der Waals surface area contributed by atoms with Crippen LogP contribution in [0.4, 0.5) is 4.39 Å². The van der Waals surface area contributed by atoms with E-state index in [-0.39, 0.29) is 36.4 Å². The highest BCUT2D eigenvalue weighted by Crippen LogP contribution is 2.22. The largest absolute Gasteiger partial charge is 0.371 e. The van der Waals surface area contributed by atoms with E-state index >= 15 is 0 Å². The highest BCUT2D eigenvalue weighted by molar-refractivity contribution is 5.97. The first-order valence-electron chi connectivity index (χ1n) is 8.09. The lowest BCUT2D eigenvalue weighted by molar-refractivity contribution is 0.0275. The summed E-state index contributed by atoms with van der Waals surface area (Å²) in [5.41, 5.74) is 2.21. The number of aryl methyl sites for hydroxylation is 1. The fourth-order valence-corrected chi connectivity index (χ4v) is 2.85. The maximum atomic E-state index is 14.4. The number of carbonyl (C=O) groups excluding carboxylic acids is 1. The molecule has 1 fully saturated rings. The van der Waals surface area contributed by atoms with E-state index in [9.17, 15) is 9.18 Å². The summed E-state index contributed by atoms with van der Waals surface area (Å²) in [7, 11) is 0. The molecule has 7 heteroatoms. The molecular weight excluding hydrogens is 357 g/mol. The summed E-state index contributed by atoms with van der Waals surface area (Å²) in [5, 5.41) is 12.2. The van der Waals surface area contributed by atoms with Crippen LogP contribution in [0.15, 0.2) is 30.3 Å². The molecule has 1 aliphatic heterocycles. The average molecular weight is 376 g/mol. The van der Waals surface area contributed by atoms with E-state index < -0.39 is 5.82 Å². The van der Waals surface area contributed by atoms with Gasteiger partial charge >= 0.3 is 0 Å². The van der Waals surface area contributed by atoms with Gasteiger partial charge in [-0.05, 0) is 36.2 Å². The number of aromatic nitrogens is 1. The average Bonchev–Trinajstić information content (AvgIpc) is 2.63. The van der Waals surface area contributed by atoms with E-state index in [0.29, 0.717) is 30.0 Å². The van der Waals surface area contributed by atoms with Crippen molar-refractivity contribution in [3.8, 4) is 6.07 Å². The molecule has 2 heterocycles. The Morgan fingerprint density at radius 1 is 1.42 bits per heavy atom. The number of hydrogen-bond donors (Lipinski definition) is 1. The van der Waals surface area contributed by atoms with Gasteiger partial charge in [-0.1, -0.05) is 12.1 Å². The van der Waals surface area contributed by atoms with Gasteiger partial charge in [-0.15, -0.1) is 12.4 Å². The normalized spacial score (nSPS) is 16.4. The monoisotopic (exact) mass is 375 g/mol. The van der Waals surface area contributed by atoms with Crippen LogP contribution in [0.3, 0.4) is 0 Å². The van der Waals surface area contributed by atoms with Crippen LogP contribution >= 0.6 is 12.4 Å². The Balaban J connectivity index is 0.00000243. The van der Waals surface area contributed by atoms with Crippen molar-refractivity contribution in [3.63, 3.8) is 0 Å². The summed E-state index contributed by atoms with van der Waals surface area (Å²) in [4.78, 5) is 16.5. The number of ketones is 1. The summed E-state index contributed by atoms with van der Waals surface area (Å²) in [6, 6.07) is 9.81. The maximum Gasteiger partial charge on any atom is 0.167 e. The lowest BCUT2D eigenvalue weighted by Gasteiger charge is -2.24. The number of nitrogens with zero attached hydrogens (tertiary/aromatic N) is 2. The number of morpholine rings is 1. The zero-order valence-corrected chi connectivity index (χ0v) is 15.1. The maximum absolute atomic E-state index is 14.4. The summed E-state index contributed by atoms with van der Waals surface area (Å²) < 4.78 is 20.0. The van der Waals surface area contributed by atoms with Gasteiger partial charge in [-0.3, -0.25) is 4.79 Å². The minimum absolute atomic E-state index is 0.